The Bertz CT molecular complexity index is 347. The summed E-state index contributed by atoms with van der Waals surface area (Å²) in [7, 11) is 1.85. The van der Waals surface area contributed by atoms with Gasteiger partial charge < -0.3 is 10.6 Å². The molecule has 0 aromatic carbocycles. The molecule has 0 radical (unpaired) electrons. The SMILES string of the molecule is CC(C)NC(=O)CCNCCc1ncn(C)n1. The van der Waals surface area contributed by atoms with Crippen molar-refractivity contribution in [2.45, 2.75) is 32.7 Å². The first-order chi connectivity index (χ1) is 8.08. The minimum Gasteiger partial charge on any atom is -0.354 e. The maximum Gasteiger partial charge on any atom is 0.221 e. The van der Waals surface area contributed by atoms with Crippen molar-refractivity contribution in [1.29, 1.82) is 0 Å². The molecule has 1 amide bonds. The summed E-state index contributed by atoms with van der Waals surface area (Å²) in [5.74, 6) is 0.912. The number of hydrogen-bond donors (Lipinski definition) is 2. The van der Waals surface area contributed by atoms with Gasteiger partial charge in [0.15, 0.2) is 5.82 Å². The Kier molecular flexibility index (Phi) is 5.62. The second-order valence-corrected chi connectivity index (χ2v) is 4.31. The summed E-state index contributed by atoms with van der Waals surface area (Å²) in [6, 6.07) is 0.209. The molecule has 0 aliphatic heterocycles. The van der Waals surface area contributed by atoms with Crippen LogP contribution < -0.4 is 10.6 Å². The summed E-state index contributed by atoms with van der Waals surface area (Å²) in [6.07, 6.45) is 2.98. The van der Waals surface area contributed by atoms with Crippen molar-refractivity contribution in [3.8, 4) is 0 Å². The predicted molar refractivity (Wildman–Crippen MR) is 65.5 cm³/mol. The molecule has 0 bridgehead atoms. The first-order valence-electron chi connectivity index (χ1n) is 5.92. The summed E-state index contributed by atoms with van der Waals surface area (Å²) in [6.45, 7) is 5.39. The Balaban J connectivity index is 2.03. The van der Waals surface area contributed by atoms with Crippen LogP contribution in [-0.4, -0.2) is 39.8 Å². The molecular weight excluding hydrogens is 218 g/mol. The lowest BCUT2D eigenvalue weighted by Gasteiger charge is -2.08. The van der Waals surface area contributed by atoms with Crippen LogP contribution in [0.5, 0.6) is 0 Å². The van der Waals surface area contributed by atoms with Gasteiger partial charge in [-0.05, 0) is 13.8 Å². The van der Waals surface area contributed by atoms with Gasteiger partial charge in [0.1, 0.15) is 6.33 Å². The van der Waals surface area contributed by atoms with Crippen LogP contribution in [0.4, 0.5) is 0 Å². The van der Waals surface area contributed by atoms with E-state index < -0.39 is 0 Å². The number of aryl methyl sites for hydroxylation is 1. The first-order valence-corrected chi connectivity index (χ1v) is 5.92. The highest BCUT2D eigenvalue weighted by Crippen LogP contribution is 1.88. The highest BCUT2D eigenvalue weighted by Gasteiger charge is 2.02. The standard InChI is InChI=1S/C11H21N5O/c1-9(2)14-11(17)5-7-12-6-4-10-13-8-16(3)15-10/h8-9,12H,4-7H2,1-3H3,(H,14,17). The minimum atomic E-state index is 0.0865. The zero-order valence-corrected chi connectivity index (χ0v) is 10.7. The van der Waals surface area contributed by atoms with Crippen LogP contribution in [0, 0.1) is 0 Å². The van der Waals surface area contributed by atoms with E-state index in [1.54, 1.807) is 11.0 Å². The van der Waals surface area contributed by atoms with Crippen LogP contribution in [-0.2, 0) is 18.3 Å². The van der Waals surface area contributed by atoms with E-state index >= 15 is 0 Å². The fraction of sp³-hybridized carbons (Fsp3) is 0.727. The van der Waals surface area contributed by atoms with Crippen LogP contribution in [0.15, 0.2) is 6.33 Å². The molecule has 0 aliphatic rings. The van der Waals surface area contributed by atoms with E-state index in [0.717, 1.165) is 18.8 Å². The highest BCUT2D eigenvalue weighted by atomic mass is 16.1. The van der Waals surface area contributed by atoms with Crippen LogP contribution in [0.1, 0.15) is 26.1 Å². The average molecular weight is 239 g/mol. The highest BCUT2D eigenvalue weighted by molar-refractivity contribution is 5.76. The molecule has 17 heavy (non-hydrogen) atoms. The molecule has 0 unspecified atom stereocenters. The lowest BCUT2D eigenvalue weighted by atomic mass is 10.3. The number of nitrogens with zero attached hydrogens (tertiary/aromatic N) is 3. The van der Waals surface area contributed by atoms with Crippen LogP contribution in [0.25, 0.3) is 0 Å². The molecule has 0 aliphatic carbocycles. The number of carbonyl (C=O) groups excluding carboxylic acids is 1. The topological polar surface area (TPSA) is 71.8 Å². The molecule has 1 aromatic heterocycles. The maximum absolute atomic E-state index is 11.3. The van der Waals surface area contributed by atoms with Crippen LogP contribution in [0.2, 0.25) is 0 Å². The molecule has 0 spiro atoms. The van der Waals surface area contributed by atoms with Crippen molar-refractivity contribution in [3.05, 3.63) is 12.2 Å². The summed E-state index contributed by atoms with van der Waals surface area (Å²) >= 11 is 0. The van der Waals surface area contributed by atoms with E-state index in [4.69, 9.17) is 0 Å². The molecule has 0 saturated carbocycles. The van der Waals surface area contributed by atoms with Gasteiger partial charge in [0.05, 0.1) is 0 Å². The third kappa shape index (κ3) is 6.01. The van der Waals surface area contributed by atoms with E-state index in [1.165, 1.54) is 0 Å². The molecular formula is C11H21N5O. The van der Waals surface area contributed by atoms with E-state index in [2.05, 4.69) is 20.7 Å². The second-order valence-electron chi connectivity index (χ2n) is 4.31. The van der Waals surface area contributed by atoms with Gasteiger partial charge in [0.25, 0.3) is 0 Å². The number of nitrogens with one attached hydrogen (secondary N) is 2. The van der Waals surface area contributed by atoms with E-state index in [-0.39, 0.29) is 11.9 Å². The molecule has 6 heteroatoms. The summed E-state index contributed by atoms with van der Waals surface area (Å²) in [4.78, 5) is 15.4. The van der Waals surface area contributed by atoms with Crippen molar-refractivity contribution in [1.82, 2.24) is 25.4 Å². The molecule has 1 heterocycles. The fourth-order valence-electron chi connectivity index (χ4n) is 1.42. The number of hydrogen-bond acceptors (Lipinski definition) is 4. The minimum absolute atomic E-state index is 0.0865. The summed E-state index contributed by atoms with van der Waals surface area (Å²) in [5, 5.41) is 10.2. The Labute approximate surface area is 102 Å². The van der Waals surface area contributed by atoms with Gasteiger partial charge >= 0.3 is 0 Å². The molecule has 0 atom stereocenters. The normalized spacial score (nSPS) is 10.8. The summed E-state index contributed by atoms with van der Waals surface area (Å²) < 4.78 is 1.69. The Morgan fingerprint density at radius 2 is 2.24 bits per heavy atom. The van der Waals surface area contributed by atoms with E-state index in [0.29, 0.717) is 13.0 Å². The Morgan fingerprint density at radius 3 is 2.82 bits per heavy atom. The monoisotopic (exact) mass is 239 g/mol. The third-order valence-electron chi connectivity index (χ3n) is 2.15. The van der Waals surface area contributed by atoms with E-state index in [1.807, 2.05) is 20.9 Å². The van der Waals surface area contributed by atoms with E-state index in [9.17, 15) is 4.79 Å². The first kappa shape index (κ1) is 13.6. The average Bonchev–Trinajstić information content (AvgIpc) is 2.62. The van der Waals surface area contributed by atoms with Crippen molar-refractivity contribution < 1.29 is 4.79 Å². The molecule has 1 aromatic rings. The summed E-state index contributed by atoms with van der Waals surface area (Å²) in [5.41, 5.74) is 0. The van der Waals surface area contributed by atoms with Crippen molar-refractivity contribution >= 4 is 5.91 Å². The second kappa shape index (κ2) is 7.01. The molecule has 0 fully saturated rings. The lowest BCUT2D eigenvalue weighted by Crippen LogP contribution is -2.32. The largest absolute Gasteiger partial charge is 0.354 e. The fourth-order valence-corrected chi connectivity index (χ4v) is 1.42. The van der Waals surface area contributed by atoms with Crippen LogP contribution in [0.3, 0.4) is 0 Å². The van der Waals surface area contributed by atoms with Crippen molar-refractivity contribution in [2.24, 2.45) is 7.05 Å². The zero-order chi connectivity index (χ0) is 12.7. The Morgan fingerprint density at radius 1 is 1.47 bits per heavy atom. The van der Waals surface area contributed by atoms with Gasteiger partial charge in [-0.25, -0.2) is 4.98 Å². The third-order valence-corrected chi connectivity index (χ3v) is 2.15. The quantitative estimate of drug-likeness (QED) is 0.650. The van der Waals surface area contributed by atoms with Gasteiger partial charge in [-0.3, -0.25) is 9.48 Å². The molecule has 0 saturated heterocycles. The van der Waals surface area contributed by atoms with Gasteiger partial charge in [-0.2, -0.15) is 5.10 Å². The molecule has 6 nitrogen and oxygen atoms in total. The van der Waals surface area contributed by atoms with Gasteiger partial charge in [0.2, 0.25) is 5.91 Å². The lowest BCUT2D eigenvalue weighted by molar-refractivity contribution is -0.121. The predicted octanol–water partition coefficient (Wildman–Crippen LogP) is -0.138. The smallest absolute Gasteiger partial charge is 0.221 e. The number of aromatic nitrogens is 3. The van der Waals surface area contributed by atoms with Crippen molar-refractivity contribution in [2.75, 3.05) is 13.1 Å². The number of carbonyl (C=O) groups is 1. The molecule has 1 rings (SSSR count). The number of amides is 1. The molecule has 2 N–H and O–H groups in total. The van der Waals surface area contributed by atoms with Gasteiger partial charge in [-0.15, -0.1) is 0 Å². The number of rotatable bonds is 7. The van der Waals surface area contributed by atoms with Crippen molar-refractivity contribution in [3.63, 3.8) is 0 Å². The maximum atomic E-state index is 11.3. The van der Waals surface area contributed by atoms with Gasteiger partial charge in [-0.1, -0.05) is 0 Å². The van der Waals surface area contributed by atoms with Crippen LogP contribution >= 0.6 is 0 Å². The Hall–Kier alpha value is -1.43. The molecule has 96 valence electrons. The van der Waals surface area contributed by atoms with Gasteiger partial charge in [0, 0.05) is 39.0 Å². The zero-order valence-electron chi connectivity index (χ0n) is 10.7.